The number of nitrogens with two attached hydrogens (primary N) is 1. The number of halogens is 3. The number of hydrogen-bond acceptors (Lipinski definition) is 4. The van der Waals surface area contributed by atoms with Gasteiger partial charge in [0.25, 0.3) is 11.8 Å². The van der Waals surface area contributed by atoms with Crippen molar-refractivity contribution in [2.45, 2.75) is 25.7 Å². The lowest BCUT2D eigenvalue weighted by atomic mass is 10.3. The Balaban J connectivity index is 2.28. The van der Waals surface area contributed by atoms with E-state index in [4.69, 9.17) is 17.3 Å². The SMILES string of the molecule is CCCc1nc(C(=O)NCC(F)(F)CN)nn1-c1ccccc1Cl. The number of nitrogens with zero attached hydrogens (tertiary/aromatic N) is 3. The zero-order chi connectivity index (χ0) is 17.7. The van der Waals surface area contributed by atoms with Crippen molar-refractivity contribution in [2.24, 2.45) is 5.73 Å². The van der Waals surface area contributed by atoms with Gasteiger partial charge in [-0.2, -0.15) is 0 Å². The lowest BCUT2D eigenvalue weighted by Gasteiger charge is -2.13. The molecule has 0 spiro atoms. The number of aryl methyl sites for hydroxylation is 1. The molecule has 0 aliphatic heterocycles. The number of carbonyl (C=O) groups is 1. The number of carbonyl (C=O) groups excluding carboxylic acids is 1. The van der Waals surface area contributed by atoms with E-state index in [1.54, 1.807) is 24.3 Å². The van der Waals surface area contributed by atoms with Crippen molar-refractivity contribution >= 4 is 17.5 Å². The minimum Gasteiger partial charge on any atom is -0.343 e. The number of hydrogen-bond donors (Lipinski definition) is 2. The molecule has 1 aromatic heterocycles. The summed E-state index contributed by atoms with van der Waals surface area (Å²) in [6.45, 7) is 0.231. The molecule has 1 heterocycles. The molecule has 1 aromatic carbocycles. The smallest absolute Gasteiger partial charge is 0.291 e. The van der Waals surface area contributed by atoms with E-state index < -0.39 is 24.9 Å². The first-order valence-corrected chi connectivity index (χ1v) is 7.82. The Morgan fingerprint density at radius 1 is 1.42 bits per heavy atom. The maximum Gasteiger partial charge on any atom is 0.291 e. The van der Waals surface area contributed by atoms with Crippen LogP contribution in [0.15, 0.2) is 24.3 Å². The molecule has 0 atom stereocenters. The molecule has 2 aromatic rings. The van der Waals surface area contributed by atoms with E-state index in [1.807, 2.05) is 6.92 Å². The highest BCUT2D eigenvalue weighted by atomic mass is 35.5. The Labute approximate surface area is 143 Å². The van der Waals surface area contributed by atoms with Gasteiger partial charge in [-0.15, -0.1) is 5.10 Å². The lowest BCUT2D eigenvalue weighted by molar-refractivity contribution is 0.0117. The first kappa shape index (κ1) is 18.3. The summed E-state index contributed by atoms with van der Waals surface area (Å²) in [5, 5.41) is 6.66. The summed E-state index contributed by atoms with van der Waals surface area (Å²) in [5.74, 6) is -3.62. The maximum absolute atomic E-state index is 13.1. The Hall–Kier alpha value is -2.06. The quantitative estimate of drug-likeness (QED) is 0.795. The zero-order valence-electron chi connectivity index (χ0n) is 13.1. The summed E-state index contributed by atoms with van der Waals surface area (Å²) in [7, 11) is 0. The Morgan fingerprint density at radius 3 is 2.75 bits per heavy atom. The van der Waals surface area contributed by atoms with Gasteiger partial charge in [-0.05, 0) is 18.6 Å². The summed E-state index contributed by atoms with van der Waals surface area (Å²) in [6.07, 6.45) is 1.33. The second-order valence-corrected chi connectivity index (χ2v) is 5.61. The number of aromatic nitrogens is 3. The average Bonchev–Trinajstić information content (AvgIpc) is 2.97. The third-order valence-corrected chi connectivity index (χ3v) is 3.56. The van der Waals surface area contributed by atoms with Crippen molar-refractivity contribution in [3.63, 3.8) is 0 Å². The Kier molecular flexibility index (Phi) is 5.84. The normalized spacial score (nSPS) is 11.5. The third kappa shape index (κ3) is 4.27. The zero-order valence-corrected chi connectivity index (χ0v) is 13.9. The van der Waals surface area contributed by atoms with Gasteiger partial charge in [-0.3, -0.25) is 4.79 Å². The predicted molar refractivity (Wildman–Crippen MR) is 86.7 cm³/mol. The molecule has 6 nitrogen and oxygen atoms in total. The van der Waals surface area contributed by atoms with Crippen molar-refractivity contribution < 1.29 is 13.6 Å². The van der Waals surface area contributed by atoms with Gasteiger partial charge in [0.05, 0.1) is 23.8 Å². The van der Waals surface area contributed by atoms with Crippen molar-refractivity contribution in [1.29, 1.82) is 0 Å². The molecule has 0 unspecified atom stereocenters. The Morgan fingerprint density at radius 2 is 2.12 bits per heavy atom. The fraction of sp³-hybridized carbons (Fsp3) is 0.400. The lowest BCUT2D eigenvalue weighted by Crippen LogP contribution is -2.41. The molecule has 1 amide bonds. The molecule has 0 bridgehead atoms. The number of alkyl halides is 2. The van der Waals surface area contributed by atoms with Crippen molar-refractivity contribution in [3.8, 4) is 5.69 Å². The van der Waals surface area contributed by atoms with E-state index in [2.05, 4.69) is 15.4 Å². The largest absolute Gasteiger partial charge is 0.343 e. The number of rotatable bonds is 7. The number of nitrogens with one attached hydrogen (secondary N) is 1. The molecule has 9 heteroatoms. The van der Waals surface area contributed by atoms with Crippen LogP contribution in [0.3, 0.4) is 0 Å². The molecule has 24 heavy (non-hydrogen) atoms. The van der Waals surface area contributed by atoms with Crippen LogP contribution in [0.4, 0.5) is 8.78 Å². The second-order valence-electron chi connectivity index (χ2n) is 5.21. The van der Waals surface area contributed by atoms with Gasteiger partial charge in [0.2, 0.25) is 5.82 Å². The molecular formula is C15H18ClF2N5O. The molecule has 2 rings (SSSR count). The summed E-state index contributed by atoms with van der Waals surface area (Å²) in [5.41, 5.74) is 5.51. The molecule has 0 saturated carbocycles. The number of para-hydroxylation sites is 1. The summed E-state index contributed by atoms with van der Waals surface area (Å²) in [4.78, 5) is 16.2. The van der Waals surface area contributed by atoms with Gasteiger partial charge < -0.3 is 11.1 Å². The van der Waals surface area contributed by atoms with Crippen LogP contribution in [0, 0.1) is 0 Å². The summed E-state index contributed by atoms with van der Waals surface area (Å²) >= 11 is 6.16. The average molecular weight is 358 g/mol. The summed E-state index contributed by atoms with van der Waals surface area (Å²) < 4.78 is 27.8. The van der Waals surface area contributed by atoms with Crippen molar-refractivity contribution in [2.75, 3.05) is 13.1 Å². The minimum absolute atomic E-state index is 0.189. The van der Waals surface area contributed by atoms with E-state index >= 15 is 0 Å². The molecule has 3 N–H and O–H groups in total. The molecule has 0 radical (unpaired) electrons. The first-order valence-electron chi connectivity index (χ1n) is 7.45. The fourth-order valence-corrected chi connectivity index (χ4v) is 2.22. The molecule has 0 saturated heterocycles. The van der Waals surface area contributed by atoms with E-state index in [1.165, 1.54) is 4.68 Å². The molecular weight excluding hydrogens is 340 g/mol. The first-order chi connectivity index (χ1) is 11.4. The van der Waals surface area contributed by atoms with Gasteiger partial charge >= 0.3 is 0 Å². The molecule has 0 fully saturated rings. The van der Waals surface area contributed by atoms with E-state index in [0.717, 1.165) is 6.42 Å². The molecule has 0 aliphatic rings. The van der Waals surface area contributed by atoms with Crippen LogP contribution in [-0.4, -0.2) is 39.7 Å². The van der Waals surface area contributed by atoms with Crippen LogP contribution >= 0.6 is 11.6 Å². The predicted octanol–water partition coefficient (Wildman–Crippen LogP) is 2.20. The van der Waals surface area contributed by atoms with Crippen LogP contribution < -0.4 is 11.1 Å². The van der Waals surface area contributed by atoms with E-state index in [-0.39, 0.29) is 5.82 Å². The van der Waals surface area contributed by atoms with Crippen LogP contribution in [0.2, 0.25) is 5.02 Å². The van der Waals surface area contributed by atoms with Crippen LogP contribution in [0.1, 0.15) is 29.8 Å². The Bertz CT molecular complexity index is 720. The third-order valence-electron chi connectivity index (χ3n) is 3.24. The molecule has 0 aliphatic carbocycles. The van der Waals surface area contributed by atoms with Crippen LogP contribution in [-0.2, 0) is 6.42 Å². The van der Waals surface area contributed by atoms with Crippen LogP contribution in [0.25, 0.3) is 5.69 Å². The highest BCUT2D eigenvalue weighted by Crippen LogP contribution is 2.21. The highest BCUT2D eigenvalue weighted by molar-refractivity contribution is 6.32. The van der Waals surface area contributed by atoms with Crippen molar-refractivity contribution in [3.05, 3.63) is 40.9 Å². The van der Waals surface area contributed by atoms with Gasteiger partial charge in [-0.25, -0.2) is 18.4 Å². The molecule has 130 valence electrons. The van der Waals surface area contributed by atoms with E-state index in [9.17, 15) is 13.6 Å². The van der Waals surface area contributed by atoms with Gasteiger partial charge in [0, 0.05) is 6.42 Å². The van der Waals surface area contributed by atoms with Gasteiger partial charge in [0.1, 0.15) is 5.82 Å². The van der Waals surface area contributed by atoms with Crippen LogP contribution in [0.5, 0.6) is 0 Å². The standard InChI is InChI=1S/C15H18ClF2N5O/c1-2-5-12-21-13(14(24)20-9-15(17,18)8-19)22-23(12)11-7-4-3-6-10(11)16/h3-4,6-7H,2,5,8-9,19H2,1H3,(H,20,24). The summed E-state index contributed by atoms with van der Waals surface area (Å²) in [6, 6.07) is 6.97. The number of benzene rings is 1. The topological polar surface area (TPSA) is 85.8 Å². The monoisotopic (exact) mass is 357 g/mol. The van der Waals surface area contributed by atoms with Crippen molar-refractivity contribution in [1.82, 2.24) is 20.1 Å². The minimum atomic E-state index is -3.17. The fourth-order valence-electron chi connectivity index (χ4n) is 2.00. The maximum atomic E-state index is 13.1. The highest BCUT2D eigenvalue weighted by Gasteiger charge is 2.28. The van der Waals surface area contributed by atoms with Gasteiger partial charge in [0.15, 0.2) is 0 Å². The number of amides is 1. The van der Waals surface area contributed by atoms with E-state index in [0.29, 0.717) is 23.0 Å². The second kappa shape index (κ2) is 7.67. The van der Waals surface area contributed by atoms with Gasteiger partial charge in [-0.1, -0.05) is 30.7 Å².